The molecule has 0 bridgehead atoms. The summed E-state index contributed by atoms with van der Waals surface area (Å²) >= 11 is 0. The zero-order chi connectivity index (χ0) is 11.1. The number of aryl methyl sites for hydroxylation is 2. The van der Waals surface area contributed by atoms with Gasteiger partial charge in [-0.3, -0.25) is 0 Å². The third-order valence-electron chi connectivity index (χ3n) is 3.76. The molecule has 0 spiro atoms. The molecule has 1 aliphatic carbocycles. The van der Waals surface area contributed by atoms with Gasteiger partial charge in [-0.2, -0.15) is 0 Å². The van der Waals surface area contributed by atoms with Gasteiger partial charge in [0.1, 0.15) is 5.65 Å². The number of hydrogen-bond donors (Lipinski definition) is 0. The molecule has 1 unspecified atom stereocenters. The Morgan fingerprint density at radius 1 is 1.50 bits per heavy atom. The van der Waals surface area contributed by atoms with Gasteiger partial charge in [-0.1, -0.05) is 6.92 Å². The molecule has 2 aromatic heterocycles. The number of pyridine rings is 1. The third-order valence-corrected chi connectivity index (χ3v) is 3.76. The van der Waals surface area contributed by atoms with Gasteiger partial charge in [-0.15, -0.1) is 0 Å². The fraction of sp³-hybridized carbons (Fsp3) is 0.500. The van der Waals surface area contributed by atoms with E-state index in [0.717, 1.165) is 5.65 Å². The lowest BCUT2D eigenvalue weighted by Crippen LogP contribution is -2.09. The summed E-state index contributed by atoms with van der Waals surface area (Å²) < 4.78 is 2.28. The first-order valence-electron chi connectivity index (χ1n) is 6.27. The summed E-state index contributed by atoms with van der Waals surface area (Å²) in [4.78, 5) is 4.83. The van der Waals surface area contributed by atoms with Crippen molar-refractivity contribution in [3.05, 3.63) is 35.3 Å². The maximum atomic E-state index is 4.83. The number of aromatic nitrogens is 2. The molecule has 3 rings (SSSR count). The van der Waals surface area contributed by atoms with Gasteiger partial charge in [0.2, 0.25) is 0 Å². The molecule has 1 aliphatic rings. The third kappa shape index (κ3) is 1.36. The van der Waals surface area contributed by atoms with Crippen molar-refractivity contribution < 1.29 is 0 Å². The Morgan fingerprint density at radius 2 is 2.38 bits per heavy atom. The zero-order valence-electron chi connectivity index (χ0n) is 10.0. The van der Waals surface area contributed by atoms with Gasteiger partial charge in [0.15, 0.2) is 0 Å². The summed E-state index contributed by atoms with van der Waals surface area (Å²) in [5.74, 6) is 0.684. The number of fused-ring (bicyclic) bond motifs is 3. The predicted molar refractivity (Wildman–Crippen MR) is 65.9 cm³/mol. The van der Waals surface area contributed by atoms with E-state index in [0.29, 0.717) is 5.92 Å². The van der Waals surface area contributed by atoms with Crippen molar-refractivity contribution >= 4 is 5.65 Å². The number of imidazole rings is 1. The van der Waals surface area contributed by atoms with Crippen LogP contribution >= 0.6 is 0 Å². The van der Waals surface area contributed by atoms with Crippen LogP contribution in [0.25, 0.3) is 5.65 Å². The second kappa shape index (κ2) is 3.62. The zero-order valence-corrected chi connectivity index (χ0v) is 10.0. The van der Waals surface area contributed by atoms with Crippen LogP contribution in [0.2, 0.25) is 0 Å². The summed E-state index contributed by atoms with van der Waals surface area (Å²) in [5.41, 5.74) is 5.24. The molecular weight excluding hydrogens is 196 g/mol. The lowest BCUT2D eigenvalue weighted by atomic mass is 9.88. The smallest absolute Gasteiger partial charge is 0.137 e. The van der Waals surface area contributed by atoms with E-state index in [2.05, 4.69) is 36.6 Å². The van der Waals surface area contributed by atoms with Crippen molar-refractivity contribution in [2.45, 2.75) is 45.4 Å². The largest absolute Gasteiger partial charge is 0.304 e. The van der Waals surface area contributed by atoms with E-state index in [9.17, 15) is 0 Å². The van der Waals surface area contributed by atoms with Crippen molar-refractivity contribution in [1.29, 1.82) is 0 Å². The van der Waals surface area contributed by atoms with Gasteiger partial charge in [-0.25, -0.2) is 4.98 Å². The SMILES string of the molecule is CCC1CCCc2c1nc1cc(C)ccn21. The Balaban J connectivity index is 2.24. The molecule has 0 aliphatic heterocycles. The molecule has 2 aromatic rings. The van der Waals surface area contributed by atoms with Crippen LogP contribution in [0.3, 0.4) is 0 Å². The lowest BCUT2D eigenvalue weighted by molar-refractivity contribution is 0.523. The first kappa shape index (κ1) is 9.88. The minimum Gasteiger partial charge on any atom is -0.304 e. The Labute approximate surface area is 96.3 Å². The monoisotopic (exact) mass is 214 g/mol. The standard InChI is InChI=1S/C14H18N2/c1-3-11-5-4-6-12-14(11)15-13-9-10(2)7-8-16(12)13/h7-9,11H,3-6H2,1-2H3. The first-order chi connectivity index (χ1) is 7.79. The van der Waals surface area contributed by atoms with Crippen LogP contribution in [0.1, 0.15) is 49.1 Å². The molecule has 0 aromatic carbocycles. The lowest BCUT2D eigenvalue weighted by Gasteiger charge is -2.19. The van der Waals surface area contributed by atoms with Crippen molar-refractivity contribution in [2.75, 3.05) is 0 Å². The molecule has 0 N–H and O–H groups in total. The summed E-state index contributed by atoms with van der Waals surface area (Å²) in [5, 5.41) is 0. The van der Waals surface area contributed by atoms with E-state index in [1.165, 1.54) is 42.6 Å². The van der Waals surface area contributed by atoms with Gasteiger partial charge in [0.25, 0.3) is 0 Å². The van der Waals surface area contributed by atoms with E-state index < -0.39 is 0 Å². The fourth-order valence-electron chi connectivity index (χ4n) is 2.84. The van der Waals surface area contributed by atoms with Gasteiger partial charge >= 0.3 is 0 Å². The molecule has 0 amide bonds. The molecule has 0 saturated carbocycles. The number of nitrogens with zero attached hydrogens (tertiary/aromatic N) is 2. The normalized spacial score (nSPS) is 20.0. The van der Waals surface area contributed by atoms with Crippen LogP contribution in [0.15, 0.2) is 18.3 Å². The van der Waals surface area contributed by atoms with Gasteiger partial charge in [0, 0.05) is 17.8 Å². The molecular formula is C14H18N2. The highest BCUT2D eigenvalue weighted by Gasteiger charge is 2.23. The summed E-state index contributed by atoms with van der Waals surface area (Å²) in [6.07, 6.45) is 7.21. The minimum atomic E-state index is 0.684. The summed E-state index contributed by atoms with van der Waals surface area (Å²) in [6, 6.07) is 4.36. The average Bonchev–Trinajstić information content (AvgIpc) is 2.65. The first-order valence-corrected chi connectivity index (χ1v) is 6.27. The topological polar surface area (TPSA) is 17.3 Å². The molecule has 0 radical (unpaired) electrons. The second-order valence-corrected chi connectivity index (χ2v) is 4.87. The van der Waals surface area contributed by atoms with Crippen LogP contribution in [0, 0.1) is 6.92 Å². The Kier molecular flexibility index (Phi) is 2.23. The highest BCUT2D eigenvalue weighted by Crippen LogP contribution is 2.33. The van der Waals surface area contributed by atoms with Crippen LogP contribution in [-0.2, 0) is 6.42 Å². The highest BCUT2D eigenvalue weighted by molar-refractivity contribution is 5.47. The van der Waals surface area contributed by atoms with Gasteiger partial charge < -0.3 is 4.40 Å². The molecule has 2 heterocycles. The van der Waals surface area contributed by atoms with E-state index in [4.69, 9.17) is 4.98 Å². The highest BCUT2D eigenvalue weighted by atomic mass is 15.0. The van der Waals surface area contributed by atoms with Crippen LogP contribution in [-0.4, -0.2) is 9.38 Å². The van der Waals surface area contributed by atoms with E-state index in [-0.39, 0.29) is 0 Å². The molecule has 2 heteroatoms. The quantitative estimate of drug-likeness (QED) is 0.710. The van der Waals surface area contributed by atoms with Gasteiger partial charge in [0.05, 0.1) is 5.69 Å². The van der Waals surface area contributed by atoms with Crippen molar-refractivity contribution in [3.8, 4) is 0 Å². The molecule has 16 heavy (non-hydrogen) atoms. The van der Waals surface area contributed by atoms with E-state index in [1.807, 2.05) is 0 Å². The van der Waals surface area contributed by atoms with Crippen molar-refractivity contribution in [3.63, 3.8) is 0 Å². The fourth-order valence-corrected chi connectivity index (χ4v) is 2.84. The van der Waals surface area contributed by atoms with Crippen molar-refractivity contribution in [2.24, 2.45) is 0 Å². The number of rotatable bonds is 1. The van der Waals surface area contributed by atoms with Gasteiger partial charge in [-0.05, 0) is 50.3 Å². The van der Waals surface area contributed by atoms with E-state index in [1.54, 1.807) is 0 Å². The average molecular weight is 214 g/mol. The minimum absolute atomic E-state index is 0.684. The Bertz CT molecular complexity index is 525. The summed E-state index contributed by atoms with van der Waals surface area (Å²) in [7, 11) is 0. The molecule has 1 atom stereocenters. The maximum absolute atomic E-state index is 4.83. The number of hydrogen-bond acceptors (Lipinski definition) is 1. The van der Waals surface area contributed by atoms with Crippen LogP contribution in [0.4, 0.5) is 0 Å². The molecule has 84 valence electrons. The molecule has 2 nitrogen and oxygen atoms in total. The second-order valence-electron chi connectivity index (χ2n) is 4.87. The Morgan fingerprint density at radius 3 is 3.19 bits per heavy atom. The summed E-state index contributed by atoms with van der Waals surface area (Å²) in [6.45, 7) is 4.40. The van der Waals surface area contributed by atoms with Crippen LogP contribution in [0.5, 0.6) is 0 Å². The Hall–Kier alpha value is -1.31. The molecule has 0 fully saturated rings. The van der Waals surface area contributed by atoms with Crippen LogP contribution < -0.4 is 0 Å². The maximum Gasteiger partial charge on any atom is 0.137 e. The molecule has 0 saturated heterocycles. The van der Waals surface area contributed by atoms with Crippen molar-refractivity contribution in [1.82, 2.24) is 9.38 Å². The predicted octanol–water partition coefficient (Wildman–Crippen LogP) is 3.47. The van der Waals surface area contributed by atoms with E-state index >= 15 is 0 Å².